The molecule has 0 radical (unpaired) electrons. The molecule has 0 unspecified atom stereocenters. The number of aromatic nitrogens is 3. The molecule has 0 saturated carbocycles. The summed E-state index contributed by atoms with van der Waals surface area (Å²) in [6.45, 7) is 0. The zero-order chi connectivity index (χ0) is 12.5. The number of thiazole rings is 1. The van der Waals surface area contributed by atoms with Gasteiger partial charge in [0.15, 0.2) is 20.8 Å². The van der Waals surface area contributed by atoms with E-state index in [-0.39, 0.29) is 11.6 Å². The second kappa shape index (κ2) is 4.41. The molecule has 0 fully saturated rings. The van der Waals surface area contributed by atoms with Gasteiger partial charge in [0.25, 0.3) is 0 Å². The minimum atomic E-state index is -3.15. The van der Waals surface area contributed by atoms with Crippen LogP contribution in [0, 0.1) is 0 Å². The van der Waals surface area contributed by atoms with E-state index in [0.717, 1.165) is 11.9 Å². The Morgan fingerprint density at radius 2 is 2.24 bits per heavy atom. The first kappa shape index (κ1) is 12.0. The molecule has 0 aliphatic carbocycles. The molecule has 0 atom stereocenters. The molecule has 2 heterocycles. The van der Waals surface area contributed by atoms with Gasteiger partial charge in [-0.1, -0.05) is 5.16 Å². The predicted octanol–water partition coefficient (Wildman–Crippen LogP) is 0.244. The molecule has 0 saturated heterocycles. The molecule has 7 nitrogen and oxygen atoms in total. The lowest BCUT2D eigenvalue weighted by Crippen LogP contribution is -2.02. The lowest BCUT2D eigenvalue weighted by molar-refractivity contribution is 0.380. The molecule has 0 amide bonds. The van der Waals surface area contributed by atoms with E-state index in [4.69, 9.17) is 10.3 Å². The van der Waals surface area contributed by atoms with E-state index in [1.807, 2.05) is 0 Å². The Morgan fingerprint density at radius 1 is 1.47 bits per heavy atom. The van der Waals surface area contributed by atoms with Gasteiger partial charge < -0.3 is 10.3 Å². The van der Waals surface area contributed by atoms with E-state index in [9.17, 15) is 8.42 Å². The highest BCUT2D eigenvalue weighted by Gasteiger charge is 2.13. The van der Waals surface area contributed by atoms with Crippen molar-refractivity contribution >= 4 is 26.3 Å². The fourth-order valence-corrected chi connectivity index (χ4v) is 2.36. The maximum Gasteiger partial charge on any atom is 0.232 e. The van der Waals surface area contributed by atoms with E-state index >= 15 is 0 Å². The summed E-state index contributed by atoms with van der Waals surface area (Å²) < 4.78 is 27.0. The van der Waals surface area contributed by atoms with Gasteiger partial charge in [-0.15, -0.1) is 11.3 Å². The lowest BCUT2D eigenvalue weighted by atomic mass is 10.3. The monoisotopic (exact) mass is 274 g/mol. The smallest absolute Gasteiger partial charge is 0.232 e. The zero-order valence-corrected chi connectivity index (χ0v) is 10.6. The number of sulfone groups is 1. The first-order valence-electron chi connectivity index (χ1n) is 4.61. The highest BCUT2D eigenvalue weighted by Crippen LogP contribution is 2.14. The van der Waals surface area contributed by atoms with Gasteiger partial charge in [0.1, 0.15) is 5.75 Å². The molecule has 2 aromatic rings. The maximum atomic E-state index is 11.0. The normalized spacial score (nSPS) is 11.8. The van der Waals surface area contributed by atoms with Crippen LogP contribution < -0.4 is 5.73 Å². The van der Waals surface area contributed by atoms with Crippen LogP contribution in [0.3, 0.4) is 0 Å². The molecule has 0 aliphatic rings. The van der Waals surface area contributed by atoms with Crippen LogP contribution in [-0.4, -0.2) is 29.8 Å². The number of hydrogen-bond acceptors (Lipinski definition) is 8. The Bertz CT molecular complexity index is 616. The fraction of sp³-hybridized carbons (Fsp3) is 0.375. The summed E-state index contributed by atoms with van der Waals surface area (Å²) in [5.74, 6) is 0.259. The summed E-state index contributed by atoms with van der Waals surface area (Å²) in [6, 6.07) is 0. The van der Waals surface area contributed by atoms with Gasteiger partial charge in [-0.2, -0.15) is 4.98 Å². The van der Waals surface area contributed by atoms with Crippen LogP contribution in [0.15, 0.2) is 9.90 Å². The van der Waals surface area contributed by atoms with Crippen molar-refractivity contribution in [2.24, 2.45) is 0 Å². The summed E-state index contributed by atoms with van der Waals surface area (Å²) in [6.07, 6.45) is 1.47. The number of anilines is 1. The molecule has 17 heavy (non-hydrogen) atoms. The van der Waals surface area contributed by atoms with Gasteiger partial charge in [0, 0.05) is 11.6 Å². The van der Waals surface area contributed by atoms with Crippen molar-refractivity contribution in [3.8, 4) is 0 Å². The number of nitrogens with zero attached hydrogens (tertiary/aromatic N) is 3. The van der Waals surface area contributed by atoms with Crippen molar-refractivity contribution in [1.82, 2.24) is 15.1 Å². The zero-order valence-electron chi connectivity index (χ0n) is 8.95. The van der Waals surface area contributed by atoms with E-state index < -0.39 is 9.84 Å². The molecular formula is C8H10N4O3S2. The van der Waals surface area contributed by atoms with Gasteiger partial charge in [0.05, 0.1) is 12.1 Å². The molecule has 0 bridgehead atoms. The Balaban J connectivity index is 2.08. The molecule has 2 rings (SSSR count). The Labute approximate surface area is 102 Å². The van der Waals surface area contributed by atoms with Crippen molar-refractivity contribution < 1.29 is 12.9 Å². The van der Waals surface area contributed by atoms with E-state index in [2.05, 4.69) is 15.1 Å². The van der Waals surface area contributed by atoms with E-state index in [1.165, 1.54) is 11.3 Å². The summed E-state index contributed by atoms with van der Waals surface area (Å²) in [4.78, 5) is 8.01. The Morgan fingerprint density at radius 3 is 2.82 bits per heavy atom. The van der Waals surface area contributed by atoms with E-state index in [0.29, 0.717) is 17.4 Å². The van der Waals surface area contributed by atoms with Crippen LogP contribution in [0.2, 0.25) is 0 Å². The fourth-order valence-electron chi connectivity index (χ4n) is 1.21. The van der Waals surface area contributed by atoms with Gasteiger partial charge in [-0.05, 0) is 0 Å². The Hall–Kier alpha value is -1.48. The highest BCUT2D eigenvalue weighted by molar-refractivity contribution is 7.89. The van der Waals surface area contributed by atoms with Crippen LogP contribution >= 0.6 is 11.3 Å². The number of hydrogen-bond donors (Lipinski definition) is 1. The van der Waals surface area contributed by atoms with Gasteiger partial charge in [-0.3, -0.25) is 0 Å². The first-order chi connectivity index (χ1) is 7.92. The van der Waals surface area contributed by atoms with Crippen molar-refractivity contribution in [2.75, 3.05) is 12.0 Å². The molecule has 0 aliphatic heterocycles. The number of nitrogens with two attached hydrogens (primary N) is 1. The van der Waals surface area contributed by atoms with Crippen molar-refractivity contribution in [3.63, 3.8) is 0 Å². The van der Waals surface area contributed by atoms with Gasteiger partial charge in [0.2, 0.25) is 5.89 Å². The maximum absolute atomic E-state index is 11.0. The number of rotatable bonds is 4. The molecule has 2 N–H and O–H groups in total. The third-order valence-electron chi connectivity index (χ3n) is 1.80. The molecule has 0 spiro atoms. The minimum Gasteiger partial charge on any atom is -0.375 e. The van der Waals surface area contributed by atoms with Crippen LogP contribution in [0.1, 0.15) is 17.4 Å². The van der Waals surface area contributed by atoms with Crippen LogP contribution in [0.25, 0.3) is 0 Å². The average molecular weight is 274 g/mol. The molecule has 2 aromatic heterocycles. The van der Waals surface area contributed by atoms with Crippen molar-refractivity contribution in [1.29, 1.82) is 0 Å². The predicted molar refractivity (Wildman–Crippen MR) is 62.2 cm³/mol. The third-order valence-corrected chi connectivity index (χ3v) is 3.31. The Kier molecular flexibility index (Phi) is 3.11. The third kappa shape index (κ3) is 3.49. The molecule has 92 valence electrons. The van der Waals surface area contributed by atoms with Crippen LogP contribution in [-0.2, 0) is 22.0 Å². The van der Waals surface area contributed by atoms with E-state index in [1.54, 1.807) is 5.38 Å². The second-order valence-corrected chi connectivity index (χ2v) is 6.56. The molecule has 9 heteroatoms. The van der Waals surface area contributed by atoms with Gasteiger partial charge >= 0.3 is 0 Å². The quantitative estimate of drug-likeness (QED) is 0.849. The van der Waals surface area contributed by atoms with Gasteiger partial charge in [-0.25, -0.2) is 13.4 Å². The standard InChI is InChI=1S/C8H10N4O3S2/c1-17(13,14)4-6-11-7(15-12-6)2-5-3-16-8(9)10-5/h3H,2,4H2,1H3,(H2,9,10). The van der Waals surface area contributed by atoms with Crippen molar-refractivity contribution in [3.05, 3.63) is 22.8 Å². The first-order valence-corrected chi connectivity index (χ1v) is 7.55. The topological polar surface area (TPSA) is 112 Å². The molecular weight excluding hydrogens is 264 g/mol. The largest absolute Gasteiger partial charge is 0.375 e. The van der Waals surface area contributed by atoms with Crippen LogP contribution in [0.5, 0.6) is 0 Å². The lowest BCUT2D eigenvalue weighted by Gasteiger charge is -1.89. The summed E-state index contributed by atoms with van der Waals surface area (Å²) in [5.41, 5.74) is 6.21. The summed E-state index contributed by atoms with van der Waals surface area (Å²) in [7, 11) is -3.15. The van der Waals surface area contributed by atoms with Crippen molar-refractivity contribution in [2.45, 2.75) is 12.2 Å². The second-order valence-electron chi connectivity index (χ2n) is 3.53. The SMILES string of the molecule is CS(=O)(=O)Cc1noc(Cc2csc(N)n2)n1. The summed E-state index contributed by atoms with van der Waals surface area (Å²) in [5, 5.41) is 5.84. The van der Waals surface area contributed by atoms with Crippen LogP contribution in [0.4, 0.5) is 5.13 Å². The summed E-state index contributed by atoms with van der Waals surface area (Å²) >= 11 is 1.32. The average Bonchev–Trinajstić information content (AvgIpc) is 2.74. The number of nitrogen functional groups attached to an aromatic ring is 1. The molecule has 0 aromatic carbocycles. The minimum absolute atomic E-state index is 0.158. The highest BCUT2D eigenvalue weighted by atomic mass is 32.2.